The van der Waals surface area contributed by atoms with E-state index in [9.17, 15) is 0 Å². The molecule has 3 heterocycles. The van der Waals surface area contributed by atoms with Gasteiger partial charge in [-0.3, -0.25) is 0 Å². The summed E-state index contributed by atoms with van der Waals surface area (Å²) in [5, 5.41) is 0. The number of benzene rings is 1. The van der Waals surface area contributed by atoms with Gasteiger partial charge in [-0.1, -0.05) is 30.3 Å². The summed E-state index contributed by atoms with van der Waals surface area (Å²) in [7, 11) is 0. The Labute approximate surface area is 139 Å². The summed E-state index contributed by atoms with van der Waals surface area (Å²) in [5.74, 6) is 2.87. The van der Waals surface area contributed by atoms with Gasteiger partial charge in [0, 0.05) is 6.54 Å². The van der Waals surface area contributed by atoms with Gasteiger partial charge in [0.1, 0.15) is 12.4 Å². The van der Waals surface area contributed by atoms with Gasteiger partial charge in [-0.05, 0) is 25.0 Å². The molecule has 3 aliphatic heterocycles. The van der Waals surface area contributed by atoms with Crippen molar-refractivity contribution in [1.29, 1.82) is 0 Å². The van der Waals surface area contributed by atoms with Gasteiger partial charge < -0.3 is 15.2 Å². The average Bonchev–Trinajstić information content (AvgIpc) is 3.25. The van der Waals surface area contributed by atoms with Gasteiger partial charge in [0.2, 0.25) is 11.6 Å². The highest BCUT2D eigenvalue weighted by atomic mass is 17.2. The molecule has 0 aliphatic carbocycles. The second-order valence-corrected chi connectivity index (χ2v) is 5.59. The molecule has 0 saturated carbocycles. The quantitative estimate of drug-likeness (QED) is 0.741. The van der Waals surface area contributed by atoms with Crippen molar-refractivity contribution in [1.82, 2.24) is 19.5 Å². The molecule has 4 rings (SSSR count). The molecule has 1 aromatic carbocycles. The molecule has 0 bridgehead atoms. The van der Waals surface area contributed by atoms with Gasteiger partial charge in [0.25, 0.3) is 0 Å². The minimum Gasteiger partial charge on any atom is -0.382 e. The SMILES string of the molecule is Cc1nc(N)c2nc(C3=CCOO3)nc-2n1CCc1ccccc1. The fourth-order valence-electron chi connectivity index (χ4n) is 2.77. The molecule has 0 saturated heterocycles. The van der Waals surface area contributed by atoms with Crippen LogP contribution in [0.2, 0.25) is 0 Å². The molecular formula is C17H17N5O2. The summed E-state index contributed by atoms with van der Waals surface area (Å²) in [4.78, 5) is 23.4. The average molecular weight is 323 g/mol. The van der Waals surface area contributed by atoms with Crippen LogP contribution in [0.4, 0.5) is 5.82 Å². The summed E-state index contributed by atoms with van der Waals surface area (Å²) >= 11 is 0. The molecular weight excluding hydrogens is 306 g/mol. The maximum atomic E-state index is 6.03. The van der Waals surface area contributed by atoms with Gasteiger partial charge >= 0.3 is 0 Å². The maximum Gasteiger partial charge on any atom is 0.208 e. The molecule has 0 spiro atoms. The second-order valence-electron chi connectivity index (χ2n) is 5.59. The van der Waals surface area contributed by atoms with Crippen molar-refractivity contribution in [2.45, 2.75) is 19.9 Å². The zero-order chi connectivity index (χ0) is 16.5. The number of aryl methyl sites for hydroxylation is 2. The Hall–Kier alpha value is -2.93. The number of nitrogens with two attached hydrogens (primary N) is 1. The Morgan fingerprint density at radius 2 is 2.00 bits per heavy atom. The van der Waals surface area contributed by atoms with E-state index in [0.29, 0.717) is 35.5 Å². The summed E-state index contributed by atoms with van der Waals surface area (Å²) < 4.78 is 2.03. The van der Waals surface area contributed by atoms with E-state index < -0.39 is 0 Å². The van der Waals surface area contributed by atoms with E-state index in [1.54, 1.807) is 6.08 Å². The van der Waals surface area contributed by atoms with Crippen LogP contribution in [0, 0.1) is 6.92 Å². The standard InChI is InChI=1S/C17H17N5O2/c1-11-19-15(18)14-17(21-16(20-14)13-8-10-23-24-13)22(11)9-7-12-5-3-2-4-6-12/h2-6,8H,7,9-10,18H2,1H3. The van der Waals surface area contributed by atoms with Crippen molar-refractivity contribution in [3.8, 4) is 11.5 Å². The molecule has 0 aromatic heterocycles. The van der Waals surface area contributed by atoms with E-state index in [1.165, 1.54) is 5.56 Å². The monoisotopic (exact) mass is 323 g/mol. The molecule has 0 amide bonds. The van der Waals surface area contributed by atoms with E-state index in [0.717, 1.165) is 18.8 Å². The molecule has 7 nitrogen and oxygen atoms in total. The van der Waals surface area contributed by atoms with Crippen LogP contribution in [0.15, 0.2) is 36.4 Å². The zero-order valence-electron chi connectivity index (χ0n) is 13.3. The van der Waals surface area contributed by atoms with Crippen molar-refractivity contribution in [2.75, 3.05) is 12.3 Å². The van der Waals surface area contributed by atoms with E-state index in [1.807, 2.05) is 29.7 Å². The van der Waals surface area contributed by atoms with E-state index in [4.69, 9.17) is 15.5 Å². The van der Waals surface area contributed by atoms with Crippen LogP contribution in [0.25, 0.3) is 17.3 Å². The van der Waals surface area contributed by atoms with Crippen molar-refractivity contribution < 1.29 is 9.78 Å². The minimum atomic E-state index is 0.372. The number of fused-ring (bicyclic) bond motifs is 1. The number of aromatic nitrogens is 4. The van der Waals surface area contributed by atoms with E-state index in [-0.39, 0.29) is 0 Å². The third kappa shape index (κ3) is 2.59. The number of imidazole rings is 1. The fourth-order valence-corrected chi connectivity index (χ4v) is 2.77. The molecule has 122 valence electrons. The lowest BCUT2D eigenvalue weighted by molar-refractivity contribution is -0.209. The molecule has 3 aliphatic rings. The minimum absolute atomic E-state index is 0.372. The van der Waals surface area contributed by atoms with Crippen LogP contribution in [0.1, 0.15) is 17.2 Å². The first-order valence-corrected chi connectivity index (χ1v) is 7.76. The summed E-state index contributed by atoms with van der Waals surface area (Å²) in [6.45, 7) is 3.05. The first-order chi connectivity index (χ1) is 11.7. The number of nitrogens with zero attached hydrogens (tertiary/aromatic N) is 4. The predicted molar refractivity (Wildman–Crippen MR) is 88.7 cm³/mol. The molecule has 0 fully saturated rings. The maximum absolute atomic E-state index is 6.03. The first kappa shape index (κ1) is 14.6. The van der Waals surface area contributed by atoms with Crippen molar-refractivity contribution >= 4 is 11.6 Å². The third-order valence-corrected chi connectivity index (χ3v) is 3.99. The van der Waals surface area contributed by atoms with E-state index >= 15 is 0 Å². The predicted octanol–water partition coefficient (Wildman–Crippen LogP) is 2.21. The van der Waals surface area contributed by atoms with Crippen LogP contribution in [0.5, 0.6) is 0 Å². The van der Waals surface area contributed by atoms with Crippen molar-refractivity contribution in [3.63, 3.8) is 0 Å². The van der Waals surface area contributed by atoms with Gasteiger partial charge in [-0.25, -0.2) is 15.0 Å². The Kier molecular flexibility index (Phi) is 3.62. The van der Waals surface area contributed by atoms with Gasteiger partial charge in [0.15, 0.2) is 17.3 Å². The Bertz CT molecular complexity index is 872. The molecule has 0 unspecified atom stereocenters. The lowest BCUT2D eigenvalue weighted by Gasteiger charge is -2.15. The largest absolute Gasteiger partial charge is 0.382 e. The van der Waals surface area contributed by atoms with Crippen LogP contribution in [-0.2, 0) is 22.7 Å². The Morgan fingerprint density at radius 1 is 1.17 bits per heavy atom. The highest BCUT2D eigenvalue weighted by Crippen LogP contribution is 2.29. The molecule has 0 radical (unpaired) electrons. The number of nitrogen functional groups attached to an aromatic ring is 1. The third-order valence-electron chi connectivity index (χ3n) is 3.99. The normalized spacial score (nSPS) is 14.0. The Morgan fingerprint density at radius 3 is 2.75 bits per heavy atom. The van der Waals surface area contributed by atoms with Gasteiger partial charge in [0.05, 0.1) is 0 Å². The lowest BCUT2D eigenvalue weighted by atomic mass is 10.1. The van der Waals surface area contributed by atoms with Crippen LogP contribution >= 0.6 is 0 Å². The highest BCUT2D eigenvalue weighted by Gasteiger charge is 2.24. The summed E-state index contributed by atoms with van der Waals surface area (Å²) in [6, 6.07) is 10.3. The van der Waals surface area contributed by atoms with Crippen molar-refractivity contribution in [2.24, 2.45) is 0 Å². The van der Waals surface area contributed by atoms with Gasteiger partial charge in [-0.15, -0.1) is 0 Å². The van der Waals surface area contributed by atoms with Crippen molar-refractivity contribution in [3.05, 3.63) is 53.6 Å². The summed E-state index contributed by atoms with van der Waals surface area (Å²) in [5.41, 5.74) is 7.86. The smallest absolute Gasteiger partial charge is 0.208 e. The molecule has 24 heavy (non-hydrogen) atoms. The topological polar surface area (TPSA) is 88.1 Å². The van der Waals surface area contributed by atoms with E-state index in [2.05, 4.69) is 27.1 Å². The molecule has 0 atom stereocenters. The second kappa shape index (κ2) is 5.93. The van der Waals surface area contributed by atoms with Gasteiger partial charge in [-0.2, -0.15) is 4.89 Å². The summed E-state index contributed by atoms with van der Waals surface area (Å²) in [6.07, 6.45) is 2.66. The number of hydrogen-bond donors (Lipinski definition) is 1. The van der Waals surface area contributed by atoms with Crippen LogP contribution in [-0.4, -0.2) is 26.1 Å². The Balaban J connectivity index is 1.71. The number of anilines is 1. The van der Waals surface area contributed by atoms with Crippen LogP contribution in [0.3, 0.4) is 0 Å². The molecule has 7 heteroatoms. The zero-order valence-corrected chi connectivity index (χ0v) is 13.3. The highest BCUT2D eigenvalue weighted by molar-refractivity contribution is 5.70. The molecule has 1 aromatic rings. The number of hydrogen-bond acceptors (Lipinski definition) is 6. The fraction of sp³-hybridized carbons (Fsp3) is 0.235. The molecule has 2 N–H and O–H groups in total. The van der Waals surface area contributed by atoms with Crippen LogP contribution < -0.4 is 5.73 Å². The number of rotatable bonds is 4. The first-order valence-electron chi connectivity index (χ1n) is 7.76. The lowest BCUT2D eigenvalue weighted by Crippen LogP contribution is -2.14.